The van der Waals surface area contributed by atoms with Gasteiger partial charge in [-0.25, -0.2) is 9.37 Å². The standard InChI is InChI=1S/C25H26FN3/c1-15-3-9-23-24(13-15)29-25(28-23)16(2)17-4-6-18(7-5-17)20-11-12-27-22-10-8-19(26)14-21(20)22/h3,8-14,16-18H,4-7H2,1-2H3,(H,28,29)/t16-,17-,18+/m1/s1. The van der Waals surface area contributed by atoms with Crippen LogP contribution in [0, 0.1) is 18.7 Å². The fourth-order valence-corrected chi connectivity index (χ4v) is 5.01. The average molecular weight is 388 g/mol. The Balaban J connectivity index is 1.34. The molecule has 4 heteroatoms. The van der Waals surface area contributed by atoms with Gasteiger partial charge in [-0.3, -0.25) is 4.98 Å². The molecule has 2 heterocycles. The summed E-state index contributed by atoms with van der Waals surface area (Å²) in [6, 6.07) is 13.4. The predicted octanol–water partition coefficient (Wildman–Crippen LogP) is 6.64. The van der Waals surface area contributed by atoms with E-state index in [1.165, 1.54) is 30.0 Å². The quantitative estimate of drug-likeness (QED) is 0.428. The molecule has 148 valence electrons. The largest absolute Gasteiger partial charge is 0.342 e. The number of aromatic amines is 1. The van der Waals surface area contributed by atoms with Gasteiger partial charge in [0.2, 0.25) is 0 Å². The Morgan fingerprint density at radius 2 is 1.79 bits per heavy atom. The van der Waals surface area contributed by atoms with Crippen molar-refractivity contribution in [1.82, 2.24) is 15.0 Å². The summed E-state index contributed by atoms with van der Waals surface area (Å²) in [5, 5.41) is 0.969. The number of nitrogens with zero attached hydrogens (tertiary/aromatic N) is 2. The Hall–Kier alpha value is -2.75. The summed E-state index contributed by atoms with van der Waals surface area (Å²) >= 11 is 0. The van der Waals surface area contributed by atoms with Crippen molar-refractivity contribution in [3.05, 3.63) is 71.4 Å². The second-order valence-corrected chi connectivity index (χ2v) is 8.60. The van der Waals surface area contributed by atoms with Crippen molar-refractivity contribution in [2.24, 2.45) is 5.92 Å². The molecule has 0 unspecified atom stereocenters. The summed E-state index contributed by atoms with van der Waals surface area (Å²) in [6.07, 6.45) is 6.46. The topological polar surface area (TPSA) is 41.6 Å². The van der Waals surface area contributed by atoms with E-state index in [0.29, 0.717) is 17.8 Å². The summed E-state index contributed by atoms with van der Waals surface area (Å²) < 4.78 is 13.8. The molecular weight excluding hydrogens is 361 g/mol. The molecule has 0 bridgehead atoms. The lowest BCUT2D eigenvalue weighted by atomic mass is 9.73. The molecule has 1 atom stereocenters. The van der Waals surface area contributed by atoms with E-state index in [-0.39, 0.29) is 5.82 Å². The summed E-state index contributed by atoms with van der Waals surface area (Å²) in [5.41, 5.74) is 5.57. The minimum Gasteiger partial charge on any atom is -0.342 e. The van der Waals surface area contributed by atoms with E-state index >= 15 is 0 Å². The van der Waals surface area contributed by atoms with Crippen molar-refractivity contribution in [1.29, 1.82) is 0 Å². The maximum absolute atomic E-state index is 13.8. The minimum absolute atomic E-state index is 0.186. The van der Waals surface area contributed by atoms with E-state index in [1.54, 1.807) is 12.1 Å². The number of aromatic nitrogens is 3. The number of rotatable bonds is 3. The number of hydrogen-bond acceptors (Lipinski definition) is 2. The van der Waals surface area contributed by atoms with E-state index in [1.807, 2.05) is 6.20 Å². The number of fused-ring (bicyclic) bond motifs is 2. The highest BCUT2D eigenvalue weighted by Gasteiger charge is 2.29. The first kappa shape index (κ1) is 18.3. The van der Waals surface area contributed by atoms with Crippen LogP contribution < -0.4 is 0 Å². The van der Waals surface area contributed by atoms with Gasteiger partial charge >= 0.3 is 0 Å². The van der Waals surface area contributed by atoms with E-state index < -0.39 is 0 Å². The van der Waals surface area contributed by atoms with Crippen LogP contribution in [-0.4, -0.2) is 15.0 Å². The molecule has 0 spiro atoms. The van der Waals surface area contributed by atoms with Gasteiger partial charge in [-0.2, -0.15) is 0 Å². The maximum atomic E-state index is 13.8. The number of nitrogens with one attached hydrogen (secondary N) is 1. The summed E-state index contributed by atoms with van der Waals surface area (Å²) in [5.74, 6) is 2.43. The van der Waals surface area contributed by atoms with Gasteiger partial charge in [-0.05, 0) is 92.0 Å². The van der Waals surface area contributed by atoms with Crippen LogP contribution in [0.5, 0.6) is 0 Å². The third kappa shape index (κ3) is 3.41. The lowest BCUT2D eigenvalue weighted by Crippen LogP contribution is -2.19. The molecule has 1 N–H and O–H groups in total. The third-order valence-electron chi connectivity index (χ3n) is 6.74. The summed E-state index contributed by atoms with van der Waals surface area (Å²) in [4.78, 5) is 12.8. The van der Waals surface area contributed by atoms with E-state index in [0.717, 1.165) is 40.6 Å². The molecule has 4 aromatic rings. The van der Waals surface area contributed by atoms with Gasteiger partial charge in [0.15, 0.2) is 0 Å². The lowest BCUT2D eigenvalue weighted by Gasteiger charge is -2.32. The molecule has 0 saturated heterocycles. The van der Waals surface area contributed by atoms with Crippen molar-refractivity contribution in [3.63, 3.8) is 0 Å². The number of hydrogen-bond donors (Lipinski definition) is 1. The molecule has 1 aliphatic carbocycles. The first-order valence-electron chi connectivity index (χ1n) is 10.6. The Bertz CT molecular complexity index is 1170. The van der Waals surface area contributed by atoms with Crippen molar-refractivity contribution in [2.45, 2.75) is 51.4 Å². The Morgan fingerprint density at radius 3 is 2.62 bits per heavy atom. The van der Waals surface area contributed by atoms with Crippen molar-refractivity contribution in [2.75, 3.05) is 0 Å². The van der Waals surface area contributed by atoms with Gasteiger partial charge in [0.05, 0.1) is 16.6 Å². The Kier molecular flexibility index (Phi) is 4.57. The molecule has 2 aromatic carbocycles. The first-order chi connectivity index (χ1) is 14.1. The van der Waals surface area contributed by atoms with Crippen LogP contribution >= 0.6 is 0 Å². The van der Waals surface area contributed by atoms with E-state index in [2.05, 4.69) is 48.1 Å². The lowest BCUT2D eigenvalue weighted by molar-refractivity contribution is 0.286. The number of imidazole rings is 1. The molecule has 1 fully saturated rings. The van der Waals surface area contributed by atoms with Crippen LogP contribution in [0.3, 0.4) is 0 Å². The molecule has 5 rings (SSSR count). The highest BCUT2D eigenvalue weighted by Crippen LogP contribution is 2.42. The molecule has 2 aromatic heterocycles. The minimum atomic E-state index is -0.186. The zero-order valence-electron chi connectivity index (χ0n) is 17.0. The van der Waals surface area contributed by atoms with E-state index in [9.17, 15) is 4.39 Å². The highest BCUT2D eigenvalue weighted by molar-refractivity contribution is 5.82. The monoisotopic (exact) mass is 387 g/mol. The summed E-state index contributed by atoms with van der Waals surface area (Å²) in [6.45, 7) is 4.41. The predicted molar refractivity (Wildman–Crippen MR) is 116 cm³/mol. The molecular formula is C25H26FN3. The molecule has 0 amide bonds. The second-order valence-electron chi connectivity index (χ2n) is 8.60. The van der Waals surface area contributed by atoms with Gasteiger partial charge in [0.1, 0.15) is 11.6 Å². The smallest absolute Gasteiger partial charge is 0.123 e. The van der Waals surface area contributed by atoms with Gasteiger partial charge < -0.3 is 4.98 Å². The van der Waals surface area contributed by atoms with Gasteiger partial charge in [-0.15, -0.1) is 0 Å². The molecule has 29 heavy (non-hydrogen) atoms. The number of benzene rings is 2. The van der Waals surface area contributed by atoms with E-state index in [4.69, 9.17) is 4.98 Å². The fraction of sp³-hybridized carbons (Fsp3) is 0.360. The summed E-state index contributed by atoms with van der Waals surface area (Å²) in [7, 11) is 0. The number of halogens is 1. The molecule has 0 aliphatic heterocycles. The van der Waals surface area contributed by atoms with Crippen LogP contribution in [0.4, 0.5) is 4.39 Å². The van der Waals surface area contributed by atoms with Crippen molar-refractivity contribution < 1.29 is 4.39 Å². The Labute approximate surface area is 170 Å². The first-order valence-corrected chi connectivity index (χ1v) is 10.6. The van der Waals surface area contributed by atoms with Crippen LogP contribution in [0.2, 0.25) is 0 Å². The molecule has 1 saturated carbocycles. The zero-order valence-corrected chi connectivity index (χ0v) is 17.0. The van der Waals surface area contributed by atoms with Crippen LogP contribution in [0.1, 0.15) is 61.4 Å². The average Bonchev–Trinajstić information content (AvgIpc) is 3.16. The third-order valence-corrected chi connectivity index (χ3v) is 6.74. The molecule has 3 nitrogen and oxygen atoms in total. The van der Waals surface area contributed by atoms with Crippen LogP contribution in [0.15, 0.2) is 48.7 Å². The molecule has 0 radical (unpaired) electrons. The number of aryl methyl sites for hydroxylation is 1. The van der Waals surface area contributed by atoms with Crippen LogP contribution in [-0.2, 0) is 0 Å². The SMILES string of the molecule is Cc1ccc2nc([C@H](C)[C@H]3CC[C@@H](c4ccnc5ccc(F)cc54)CC3)[nH]c2c1. The molecule has 1 aliphatic rings. The zero-order chi connectivity index (χ0) is 20.0. The van der Waals surface area contributed by atoms with Gasteiger partial charge in [0.25, 0.3) is 0 Å². The second kappa shape index (κ2) is 7.25. The van der Waals surface area contributed by atoms with Crippen molar-refractivity contribution in [3.8, 4) is 0 Å². The van der Waals surface area contributed by atoms with Gasteiger partial charge in [-0.1, -0.05) is 13.0 Å². The van der Waals surface area contributed by atoms with Crippen LogP contribution in [0.25, 0.3) is 21.9 Å². The Morgan fingerprint density at radius 1 is 1.00 bits per heavy atom. The number of pyridine rings is 1. The highest BCUT2D eigenvalue weighted by atomic mass is 19.1. The van der Waals surface area contributed by atoms with Crippen molar-refractivity contribution >= 4 is 21.9 Å². The van der Waals surface area contributed by atoms with Gasteiger partial charge in [0, 0.05) is 17.5 Å². The normalized spacial score (nSPS) is 20.9. The number of H-pyrrole nitrogens is 1. The fourth-order valence-electron chi connectivity index (χ4n) is 5.01. The maximum Gasteiger partial charge on any atom is 0.123 e.